The molecule has 2 unspecified atom stereocenters. The Morgan fingerprint density at radius 1 is 1.54 bits per heavy atom. The second kappa shape index (κ2) is 4.60. The summed E-state index contributed by atoms with van der Waals surface area (Å²) in [7, 11) is 0. The summed E-state index contributed by atoms with van der Waals surface area (Å²) >= 11 is 0. The molecule has 0 radical (unpaired) electrons. The van der Waals surface area contributed by atoms with Crippen LogP contribution in [0, 0.1) is 5.92 Å². The zero-order valence-corrected chi connectivity index (χ0v) is 7.90. The predicted octanol–water partition coefficient (Wildman–Crippen LogP) is 1.28. The molecule has 1 aliphatic heterocycles. The Kier molecular flexibility index (Phi) is 3.43. The highest BCUT2D eigenvalue weighted by Crippen LogP contribution is 2.14. The molecule has 1 amide bonds. The zero-order valence-electron chi connectivity index (χ0n) is 7.90. The highest BCUT2D eigenvalue weighted by Gasteiger charge is 2.25. The molecule has 1 aliphatic rings. The third kappa shape index (κ3) is 2.28. The van der Waals surface area contributed by atoms with E-state index >= 15 is 0 Å². The van der Waals surface area contributed by atoms with Gasteiger partial charge in [-0.05, 0) is 26.1 Å². The van der Waals surface area contributed by atoms with Gasteiger partial charge < -0.3 is 5.32 Å². The van der Waals surface area contributed by atoms with E-state index in [2.05, 4.69) is 10.3 Å². The van der Waals surface area contributed by atoms with E-state index < -0.39 is 0 Å². The summed E-state index contributed by atoms with van der Waals surface area (Å²) in [5, 5.41) is 2.66. The largest absolute Gasteiger partial charge is 0.332 e. The molecule has 1 heterocycles. The van der Waals surface area contributed by atoms with Crippen LogP contribution in [0.5, 0.6) is 0 Å². The molecule has 3 heteroatoms. The normalized spacial score (nSPS) is 28.6. The molecule has 0 aliphatic carbocycles. The minimum Gasteiger partial charge on any atom is -0.332 e. The number of aliphatic imine (C=N–C) groups is 1. The molecule has 70 valence electrons. The van der Waals surface area contributed by atoms with Crippen molar-refractivity contribution in [1.29, 1.82) is 0 Å². The fourth-order valence-corrected chi connectivity index (χ4v) is 1.32. The maximum atomic E-state index is 11.4. The predicted molar refractivity (Wildman–Crippen MR) is 53.5 cm³/mol. The lowest BCUT2D eigenvalue weighted by Crippen LogP contribution is -2.36. The van der Waals surface area contributed by atoms with Crippen molar-refractivity contribution in [2.75, 3.05) is 0 Å². The number of carbonyl (C=O) groups is 1. The first-order valence-electron chi connectivity index (χ1n) is 4.37. The maximum Gasteiger partial charge on any atom is 0.233 e. The number of rotatable bonds is 2. The fourth-order valence-electron chi connectivity index (χ4n) is 1.32. The molecule has 0 aromatic rings. The van der Waals surface area contributed by atoms with E-state index in [0.29, 0.717) is 0 Å². The van der Waals surface area contributed by atoms with Gasteiger partial charge in [0.25, 0.3) is 0 Å². The lowest BCUT2D eigenvalue weighted by Gasteiger charge is -2.20. The van der Waals surface area contributed by atoms with Gasteiger partial charge in [0, 0.05) is 6.20 Å². The topological polar surface area (TPSA) is 41.5 Å². The first kappa shape index (κ1) is 9.71. The first-order valence-corrected chi connectivity index (χ1v) is 4.37. The van der Waals surface area contributed by atoms with Crippen molar-refractivity contribution >= 4 is 12.1 Å². The number of allylic oxidation sites excluding steroid dienone is 1. The van der Waals surface area contributed by atoms with Gasteiger partial charge in [0.05, 0.1) is 12.0 Å². The molecular formula is C10H14N2O. The van der Waals surface area contributed by atoms with Crippen LogP contribution in [0.15, 0.2) is 29.4 Å². The van der Waals surface area contributed by atoms with Crippen molar-refractivity contribution in [2.45, 2.75) is 19.9 Å². The van der Waals surface area contributed by atoms with Gasteiger partial charge in [-0.2, -0.15) is 0 Å². The number of nitrogens with zero attached hydrogens (tertiary/aromatic N) is 1. The molecule has 0 spiro atoms. The van der Waals surface area contributed by atoms with Crippen LogP contribution in [0.1, 0.15) is 13.8 Å². The maximum absolute atomic E-state index is 11.4. The average Bonchev–Trinajstić information content (AvgIpc) is 2.11. The van der Waals surface area contributed by atoms with E-state index in [1.807, 2.05) is 32.1 Å². The average molecular weight is 178 g/mol. The molecule has 2 atom stereocenters. The Morgan fingerprint density at radius 2 is 2.31 bits per heavy atom. The second-order valence-corrected chi connectivity index (χ2v) is 2.82. The summed E-state index contributed by atoms with van der Waals surface area (Å²) in [6.45, 7) is 3.76. The molecule has 0 fully saturated rings. The standard InChI is InChI=1S/C10H14N2O/c1-3-5-8-9(11-4-2)6-7-12-10(8)13/h3-9H,1-2H3,(H,12,13)/b5-3-,11-4?. The van der Waals surface area contributed by atoms with E-state index in [4.69, 9.17) is 0 Å². The first-order chi connectivity index (χ1) is 6.29. The SMILES string of the molecule is CC=NC1C=CNC(=O)C1/C=C\C. The Balaban J connectivity index is 2.84. The van der Waals surface area contributed by atoms with Gasteiger partial charge in [0.1, 0.15) is 0 Å². The lowest BCUT2D eigenvalue weighted by atomic mass is 9.96. The highest BCUT2D eigenvalue weighted by atomic mass is 16.1. The Labute approximate surface area is 78.2 Å². The van der Waals surface area contributed by atoms with E-state index in [0.717, 1.165) is 0 Å². The lowest BCUT2D eigenvalue weighted by molar-refractivity contribution is -0.123. The molecule has 0 aromatic carbocycles. The third-order valence-corrected chi connectivity index (χ3v) is 1.91. The summed E-state index contributed by atoms with van der Waals surface area (Å²) in [5.74, 6) is -0.151. The van der Waals surface area contributed by atoms with Crippen LogP contribution < -0.4 is 5.32 Å². The summed E-state index contributed by atoms with van der Waals surface area (Å²) in [5.41, 5.74) is 0. The van der Waals surface area contributed by atoms with E-state index in [-0.39, 0.29) is 17.9 Å². The highest BCUT2D eigenvalue weighted by molar-refractivity contribution is 5.83. The molecule has 0 aromatic heterocycles. The zero-order chi connectivity index (χ0) is 9.68. The van der Waals surface area contributed by atoms with E-state index in [1.165, 1.54) is 0 Å². The Hall–Kier alpha value is -1.38. The third-order valence-electron chi connectivity index (χ3n) is 1.91. The van der Waals surface area contributed by atoms with Crippen LogP contribution in [0.25, 0.3) is 0 Å². The number of amides is 1. The van der Waals surface area contributed by atoms with Crippen molar-refractivity contribution in [3.8, 4) is 0 Å². The number of hydrogen-bond donors (Lipinski definition) is 1. The van der Waals surface area contributed by atoms with Crippen molar-refractivity contribution in [2.24, 2.45) is 10.9 Å². The molecule has 0 saturated heterocycles. The molecule has 0 bridgehead atoms. The number of carbonyl (C=O) groups excluding carboxylic acids is 1. The van der Waals surface area contributed by atoms with Gasteiger partial charge >= 0.3 is 0 Å². The van der Waals surface area contributed by atoms with Crippen LogP contribution in [0.4, 0.5) is 0 Å². The molecular weight excluding hydrogens is 164 g/mol. The van der Waals surface area contributed by atoms with Crippen molar-refractivity contribution < 1.29 is 4.79 Å². The summed E-state index contributed by atoms with van der Waals surface area (Å²) in [6, 6.07) is -0.0463. The minimum atomic E-state index is -0.161. The van der Waals surface area contributed by atoms with Crippen LogP contribution in [0.3, 0.4) is 0 Å². The van der Waals surface area contributed by atoms with Crippen molar-refractivity contribution in [3.63, 3.8) is 0 Å². The van der Waals surface area contributed by atoms with Crippen molar-refractivity contribution in [3.05, 3.63) is 24.4 Å². The van der Waals surface area contributed by atoms with Crippen LogP contribution >= 0.6 is 0 Å². The summed E-state index contributed by atoms with van der Waals surface area (Å²) in [6.07, 6.45) is 9.02. The Morgan fingerprint density at radius 3 is 2.92 bits per heavy atom. The molecule has 1 rings (SSSR count). The number of hydrogen-bond acceptors (Lipinski definition) is 2. The summed E-state index contributed by atoms with van der Waals surface area (Å²) in [4.78, 5) is 15.6. The minimum absolute atomic E-state index is 0.0104. The molecule has 3 nitrogen and oxygen atoms in total. The second-order valence-electron chi connectivity index (χ2n) is 2.82. The van der Waals surface area contributed by atoms with Gasteiger partial charge in [0.2, 0.25) is 5.91 Å². The Bertz CT molecular complexity index is 266. The smallest absolute Gasteiger partial charge is 0.233 e. The van der Waals surface area contributed by atoms with Gasteiger partial charge in [-0.25, -0.2) is 0 Å². The van der Waals surface area contributed by atoms with Crippen LogP contribution in [0.2, 0.25) is 0 Å². The van der Waals surface area contributed by atoms with Gasteiger partial charge in [0.15, 0.2) is 0 Å². The molecule has 0 saturated carbocycles. The van der Waals surface area contributed by atoms with Crippen LogP contribution in [-0.2, 0) is 4.79 Å². The molecule has 13 heavy (non-hydrogen) atoms. The van der Waals surface area contributed by atoms with Gasteiger partial charge in [-0.1, -0.05) is 12.2 Å². The number of nitrogens with one attached hydrogen (secondary N) is 1. The molecule has 1 N–H and O–H groups in total. The van der Waals surface area contributed by atoms with Gasteiger partial charge in [-0.3, -0.25) is 9.79 Å². The van der Waals surface area contributed by atoms with Crippen molar-refractivity contribution in [1.82, 2.24) is 5.32 Å². The van der Waals surface area contributed by atoms with E-state index in [9.17, 15) is 4.79 Å². The van der Waals surface area contributed by atoms with Crippen LogP contribution in [-0.4, -0.2) is 18.2 Å². The fraction of sp³-hybridized carbons (Fsp3) is 0.400. The van der Waals surface area contributed by atoms with E-state index in [1.54, 1.807) is 12.4 Å². The van der Waals surface area contributed by atoms with Gasteiger partial charge in [-0.15, -0.1) is 0 Å². The quantitative estimate of drug-likeness (QED) is 0.502. The monoisotopic (exact) mass is 178 g/mol. The summed E-state index contributed by atoms with van der Waals surface area (Å²) < 4.78 is 0.